The molecule has 0 bridgehead atoms. The van der Waals surface area contributed by atoms with Gasteiger partial charge in [0.05, 0.1) is 5.56 Å². The number of benzene rings is 2. The molecule has 30 heavy (non-hydrogen) atoms. The highest BCUT2D eigenvalue weighted by molar-refractivity contribution is 6.30. The first-order chi connectivity index (χ1) is 14.0. The van der Waals surface area contributed by atoms with Crippen LogP contribution in [0.1, 0.15) is 30.4 Å². The Morgan fingerprint density at radius 1 is 1.17 bits per heavy atom. The molecular formula is C21H18ClF4NO3. The van der Waals surface area contributed by atoms with Crippen LogP contribution in [-0.4, -0.2) is 28.9 Å². The number of anilines is 1. The van der Waals surface area contributed by atoms with E-state index in [-0.39, 0.29) is 36.5 Å². The van der Waals surface area contributed by atoms with Gasteiger partial charge in [0.1, 0.15) is 5.82 Å². The summed E-state index contributed by atoms with van der Waals surface area (Å²) >= 11 is 5.79. The predicted octanol–water partition coefficient (Wildman–Crippen LogP) is 4.56. The summed E-state index contributed by atoms with van der Waals surface area (Å²) < 4.78 is 51.4. The lowest BCUT2D eigenvalue weighted by Gasteiger charge is -2.21. The van der Waals surface area contributed by atoms with Gasteiger partial charge < -0.3 is 10.0 Å². The second-order valence-corrected chi connectivity index (χ2v) is 7.60. The number of carbonyl (C=O) groups excluding carboxylic acids is 2. The van der Waals surface area contributed by atoms with Gasteiger partial charge in [-0.2, -0.15) is 13.2 Å². The van der Waals surface area contributed by atoms with Crippen molar-refractivity contribution in [3.8, 4) is 0 Å². The molecule has 0 saturated carbocycles. The predicted molar refractivity (Wildman–Crippen MR) is 103 cm³/mol. The van der Waals surface area contributed by atoms with Gasteiger partial charge in [-0.05, 0) is 60.9 Å². The zero-order valence-corrected chi connectivity index (χ0v) is 16.4. The minimum absolute atomic E-state index is 0.00590. The van der Waals surface area contributed by atoms with Crippen LogP contribution in [0.2, 0.25) is 5.02 Å². The Labute approximate surface area is 175 Å². The molecule has 1 saturated heterocycles. The van der Waals surface area contributed by atoms with Gasteiger partial charge in [0.15, 0.2) is 5.78 Å². The summed E-state index contributed by atoms with van der Waals surface area (Å²) in [5.74, 6) is -2.04. The molecule has 1 N–H and O–H groups in total. The number of aryl methyl sites for hydroxylation is 1. The molecule has 1 aliphatic rings. The second kappa shape index (κ2) is 8.35. The van der Waals surface area contributed by atoms with E-state index in [1.54, 1.807) is 6.07 Å². The molecule has 0 aliphatic carbocycles. The van der Waals surface area contributed by atoms with Gasteiger partial charge in [0.2, 0.25) is 5.60 Å². The van der Waals surface area contributed by atoms with Crippen molar-refractivity contribution in [3.05, 3.63) is 64.4 Å². The van der Waals surface area contributed by atoms with Gasteiger partial charge in [-0.3, -0.25) is 9.59 Å². The number of Topliss-reactive ketones (excluding diaryl/α,β-unsaturated/α-hetero) is 1. The Bertz CT molecular complexity index is 941. The Balaban J connectivity index is 1.63. The van der Waals surface area contributed by atoms with Gasteiger partial charge in [-0.25, -0.2) is 4.39 Å². The number of aliphatic hydroxyl groups is 1. The number of carbonyl (C=O) groups is 2. The molecule has 2 aromatic carbocycles. The SMILES string of the molecule is O=C(CCCc1cc(F)cc(Cl)c1)[C@@]1(O)CCN(c2ccc(C(F)(F)F)cc2)C1=O. The van der Waals surface area contributed by atoms with Crippen molar-refractivity contribution in [2.24, 2.45) is 0 Å². The maximum atomic E-state index is 13.4. The fourth-order valence-corrected chi connectivity index (χ4v) is 3.70. The third-order valence-corrected chi connectivity index (χ3v) is 5.27. The highest BCUT2D eigenvalue weighted by atomic mass is 35.5. The van der Waals surface area contributed by atoms with Gasteiger partial charge in [-0.1, -0.05) is 11.6 Å². The summed E-state index contributed by atoms with van der Waals surface area (Å²) in [4.78, 5) is 26.3. The number of ketones is 1. The third kappa shape index (κ3) is 4.65. The van der Waals surface area contributed by atoms with E-state index in [0.717, 1.165) is 35.2 Å². The summed E-state index contributed by atoms with van der Waals surface area (Å²) in [6, 6.07) is 7.95. The molecule has 1 amide bonds. The standard InChI is InChI=1S/C21H18ClF4NO3/c22-15-10-13(11-16(23)12-15)2-1-3-18(28)20(30)8-9-27(19(20)29)17-6-4-14(5-7-17)21(24,25)26/h4-7,10-12,30H,1-3,8-9H2/t20-/m0/s1. The van der Waals surface area contributed by atoms with E-state index in [0.29, 0.717) is 12.0 Å². The van der Waals surface area contributed by atoms with Crippen LogP contribution in [-0.2, 0) is 22.2 Å². The largest absolute Gasteiger partial charge is 0.416 e. The topological polar surface area (TPSA) is 57.6 Å². The quantitative estimate of drug-likeness (QED) is 0.526. The van der Waals surface area contributed by atoms with Crippen LogP contribution in [0.5, 0.6) is 0 Å². The summed E-state index contributed by atoms with van der Waals surface area (Å²) in [5, 5.41) is 10.9. The fraction of sp³-hybridized carbons (Fsp3) is 0.333. The van der Waals surface area contributed by atoms with Crippen LogP contribution in [0.15, 0.2) is 42.5 Å². The van der Waals surface area contributed by atoms with Gasteiger partial charge in [-0.15, -0.1) is 0 Å². The van der Waals surface area contributed by atoms with Crippen molar-refractivity contribution in [1.29, 1.82) is 0 Å². The summed E-state index contributed by atoms with van der Waals surface area (Å²) in [6.45, 7) is 0.00590. The molecule has 9 heteroatoms. The highest BCUT2D eigenvalue weighted by Crippen LogP contribution is 2.34. The summed E-state index contributed by atoms with van der Waals surface area (Å²) in [7, 11) is 0. The van der Waals surface area contributed by atoms with E-state index < -0.39 is 34.8 Å². The van der Waals surface area contributed by atoms with Gasteiger partial charge >= 0.3 is 6.18 Å². The maximum absolute atomic E-state index is 13.4. The van der Waals surface area contributed by atoms with Gasteiger partial charge in [0, 0.05) is 30.1 Å². The molecule has 4 nitrogen and oxygen atoms in total. The van der Waals surface area contributed by atoms with E-state index in [4.69, 9.17) is 11.6 Å². The summed E-state index contributed by atoms with van der Waals surface area (Å²) in [5.41, 5.74) is -2.32. The van der Waals surface area contributed by atoms with Crippen LogP contribution < -0.4 is 4.90 Å². The van der Waals surface area contributed by atoms with Crippen molar-refractivity contribution in [1.82, 2.24) is 0 Å². The van der Waals surface area contributed by atoms with Crippen LogP contribution in [0.4, 0.5) is 23.2 Å². The Hall–Kier alpha value is -2.45. The van der Waals surface area contributed by atoms with Crippen molar-refractivity contribution in [2.45, 2.75) is 37.5 Å². The van der Waals surface area contributed by atoms with Crippen molar-refractivity contribution in [3.63, 3.8) is 0 Å². The average Bonchev–Trinajstić information content (AvgIpc) is 2.96. The first-order valence-corrected chi connectivity index (χ1v) is 9.58. The first kappa shape index (κ1) is 22.2. The highest BCUT2D eigenvalue weighted by Gasteiger charge is 2.50. The normalized spacial score (nSPS) is 19.4. The minimum atomic E-state index is -4.50. The Morgan fingerprint density at radius 3 is 2.43 bits per heavy atom. The smallest absolute Gasteiger partial charge is 0.373 e. The lowest BCUT2D eigenvalue weighted by Crippen LogP contribution is -2.46. The van der Waals surface area contributed by atoms with E-state index >= 15 is 0 Å². The minimum Gasteiger partial charge on any atom is -0.373 e. The van der Waals surface area contributed by atoms with Crippen LogP contribution in [0.3, 0.4) is 0 Å². The van der Waals surface area contributed by atoms with Crippen molar-refractivity contribution in [2.75, 3.05) is 11.4 Å². The molecule has 160 valence electrons. The van der Waals surface area contributed by atoms with E-state index in [9.17, 15) is 32.3 Å². The number of alkyl halides is 3. The van der Waals surface area contributed by atoms with E-state index in [1.807, 2.05) is 0 Å². The molecule has 0 spiro atoms. The number of rotatable bonds is 6. The molecule has 0 aromatic heterocycles. The molecule has 1 heterocycles. The van der Waals surface area contributed by atoms with Crippen molar-refractivity contribution < 1.29 is 32.3 Å². The molecule has 3 rings (SSSR count). The molecule has 1 fully saturated rings. The van der Waals surface area contributed by atoms with Crippen molar-refractivity contribution >= 4 is 29.0 Å². The van der Waals surface area contributed by atoms with E-state index in [2.05, 4.69) is 0 Å². The monoisotopic (exact) mass is 443 g/mol. The molecule has 0 unspecified atom stereocenters. The van der Waals surface area contributed by atoms with Gasteiger partial charge in [0.25, 0.3) is 5.91 Å². The lowest BCUT2D eigenvalue weighted by molar-refractivity contribution is -0.147. The molecule has 2 aromatic rings. The lowest BCUT2D eigenvalue weighted by atomic mass is 9.92. The first-order valence-electron chi connectivity index (χ1n) is 9.20. The molecule has 0 radical (unpaired) electrons. The fourth-order valence-electron chi connectivity index (χ4n) is 3.46. The number of amides is 1. The number of halogens is 5. The number of hydrogen-bond acceptors (Lipinski definition) is 3. The Morgan fingerprint density at radius 2 is 1.83 bits per heavy atom. The molecule has 1 atom stereocenters. The number of nitrogens with zero attached hydrogens (tertiary/aromatic N) is 1. The zero-order chi connectivity index (χ0) is 22.1. The Kier molecular flexibility index (Phi) is 6.19. The second-order valence-electron chi connectivity index (χ2n) is 7.17. The molecular weight excluding hydrogens is 426 g/mol. The van der Waals surface area contributed by atoms with E-state index in [1.165, 1.54) is 6.07 Å². The van der Waals surface area contributed by atoms with Crippen LogP contribution >= 0.6 is 11.6 Å². The third-order valence-electron chi connectivity index (χ3n) is 5.06. The van der Waals surface area contributed by atoms with Crippen LogP contribution in [0, 0.1) is 5.82 Å². The summed E-state index contributed by atoms with van der Waals surface area (Å²) in [6.07, 6.45) is -4.17. The number of hydrogen-bond donors (Lipinski definition) is 1. The zero-order valence-electron chi connectivity index (χ0n) is 15.7. The average molecular weight is 444 g/mol. The van der Waals surface area contributed by atoms with Crippen LogP contribution in [0.25, 0.3) is 0 Å². The maximum Gasteiger partial charge on any atom is 0.416 e. The molecule has 1 aliphatic heterocycles.